The van der Waals surface area contributed by atoms with E-state index < -0.39 is 17.2 Å². The number of alkyl halides is 3. The van der Waals surface area contributed by atoms with Gasteiger partial charge in [0.25, 0.3) is 0 Å². The second kappa shape index (κ2) is 6.08. The predicted molar refractivity (Wildman–Crippen MR) is 94.9 cm³/mol. The minimum atomic E-state index is -4.54. The molecular weight excluding hydrogens is 375 g/mol. The van der Waals surface area contributed by atoms with Crippen molar-refractivity contribution in [3.05, 3.63) is 23.7 Å². The molecule has 4 rings (SSSR count). The lowest BCUT2D eigenvalue weighted by molar-refractivity contribution is -0.137. The number of aromatic nitrogens is 4. The first-order valence-corrected chi connectivity index (χ1v) is 8.91. The molecule has 2 aromatic rings. The first-order valence-electron chi connectivity index (χ1n) is 8.91. The van der Waals surface area contributed by atoms with Gasteiger partial charge in [0.1, 0.15) is 11.4 Å². The molecule has 2 fully saturated rings. The summed E-state index contributed by atoms with van der Waals surface area (Å²) in [4.78, 5) is 19.4. The largest absolute Gasteiger partial charge is 0.421 e. The summed E-state index contributed by atoms with van der Waals surface area (Å²) in [6.45, 7) is 3.52. The van der Waals surface area contributed by atoms with Crippen molar-refractivity contribution >= 4 is 23.4 Å². The summed E-state index contributed by atoms with van der Waals surface area (Å²) >= 11 is 0. The van der Waals surface area contributed by atoms with Gasteiger partial charge >= 0.3 is 6.18 Å². The van der Waals surface area contributed by atoms with Gasteiger partial charge in [-0.1, -0.05) is 0 Å². The number of hydrogen-bond acceptors (Lipinski definition) is 6. The maximum absolute atomic E-state index is 13.2. The fraction of sp³-hybridized carbons (Fsp3) is 0.529. The topological polar surface area (TPSA) is 111 Å². The average Bonchev–Trinajstić information content (AvgIpc) is 3.49. The number of aryl methyl sites for hydroxylation is 1. The second-order valence-corrected chi connectivity index (χ2v) is 7.61. The van der Waals surface area contributed by atoms with Crippen molar-refractivity contribution in [2.24, 2.45) is 11.1 Å². The van der Waals surface area contributed by atoms with Crippen LogP contribution in [0, 0.1) is 12.3 Å². The minimum absolute atomic E-state index is 0.00896. The highest BCUT2D eigenvalue weighted by atomic mass is 19.4. The summed E-state index contributed by atoms with van der Waals surface area (Å²) in [5, 5.41) is 10.1. The lowest BCUT2D eigenvalue weighted by Gasteiger charge is -2.14. The van der Waals surface area contributed by atoms with Crippen molar-refractivity contribution in [2.45, 2.75) is 51.4 Å². The van der Waals surface area contributed by atoms with E-state index in [0.29, 0.717) is 17.8 Å². The molecule has 0 radical (unpaired) electrons. The summed E-state index contributed by atoms with van der Waals surface area (Å²) in [6.07, 6.45) is 0.136. The van der Waals surface area contributed by atoms with Crippen molar-refractivity contribution in [1.82, 2.24) is 19.7 Å². The van der Waals surface area contributed by atoms with E-state index >= 15 is 0 Å². The number of hydrogen-bond donors (Lipinski definition) is 3. The molecule has 0 aliphatic heterocycles. The molecule has 0 unspecified atom stereocenters. The van der Waals surface area contributed by atoms with E-state index in [9.17, 15) is 18.0 Å². The Labute approximate surface area is 158 Å². The zero-order chi connectivity index (χ0) is 20.3. The van der Waals surface area contributed by atoms with Crippen LogP contribution in [0.2, 0.25) is 0 Å². The minimum Gasteiger partial charge on any atom is -0.369 e. The lowest BCUT2D eigenvalue weighted by Crippen LogP contribution is -2.24. The van der Waals surface area contributed by atoms with Gasteiger partial charge in [-0.25, -0.2) is 4.98 Å². The van der Waals surface area contributed by atoms with Crippen LogP contribution >= 0.6 is 0 Å². The van der Waals surface area contributed by atoms with Crippen LogP contribution in [0.5, 0.6) is 0 Å². The van der Waals surface area contributed by atoms with E-state index in [2.05, 4.69) is 25.7 Å². The van der Waals surface area contributed by atoms with Crippen LogP contribution in [-0.2, 0) is 11.0 Å². The average molecular weight is 395 g/mol. The molecule has 2 aromatic heterocycles. The number of nitrogens with one attached hydrogen (secondary N) is 2. The van der Waals surface area contributed by atoms with Crippen LogP contribution in [0.25, 0.3) is 0 Å². The molecule has 2 saturated carbocycles. The number of primary amides is 1. The van der Waals surface area contributed by atoms with Crippen molar-refractivity contribution in [1.29, 1.82) is 0 Å². The first kappa shape index (κ1) is 18.5. The molecule has 0 bridgehead atoms. The Morgan fingerprint density at radius 3 is 2.68 bits per heavy atom. The van der Waals surface area contributed by atoms with Crippen LogP contribution in [0.3, 0.4) is 0 Å². The molecule has 2 aliphatic carbocycles. The molecule has 1 amide bonds. The molecule has 2 heterocycles. The van der Waals surface area contributed by atoms with Crippen molar-refractivity contribution < 1.29 is 18.0 Å². The van der Waals surface area contributed by atoms with Crippen molar-refractivity contribution in [2.75, 3.05) is 10.6 Å². The van der Waals surface area contributed by atoms with Gasteiger partial charge in [-0.15, -0.1) is 0 Å². The van der Waals surface area contributed by atoms with E-state index in [1.54, 1.807) is 24.7 Å². The predicted octanol–water partition coefficient (Wildman–Crippen LogP) is 2.75. The first-order chi connectivity index (χ1) is 13.1. The number of rotatable bonds is 6. The Morgan fingerprint density at radius 1 is 1.39 bits per heavy atom. The summed E-state index contributed by atoms with van der Waals surface area (Å²) in [6, 6.07) is -0.130. The van der Waals surface area contributed by atoms with Gasteiger partial charge in [0, 0.05) is 18.4 Å². The van der Waals surface area contributed by atoms with Crippen LogP contribution in [-0.4, -0.2) is 31.7 Å². The fourth-order valence-corrected chi connectivity index (χ4v) is 3.06. The molecule has 0 saturated heterocycles. The Kier molecular flexibility index (Phi) is 4.02. The number of halogens is 3. The SMILES string of the molecule is Cc1nn([C@@H]2C[C@]2(C)C(N)=O)cc1Nc1ncc(C(F)(F)F)c(NC2CC2)n1. The normalized spacial score (nSPS) is 24.1. The van der Waals surface area contributed by atoms with E-state index in [1.165, 1.54) is 0 Å². The summed E-state index contributed by atoms with van der Waals surface area (Å²) < 4.78 is 41.2. The molecule has 11 heteroatoms. The molecule has 150 valence electrons. The van der Waals surface area contributed by atoms with E-state index in [-0.39, 0.29) is 29.8 Å². The highest BCUT2D eigenvalue weighted by molar-refractivity contribution is 5.84. The van der Waals surface area contributed by atoms with Gasteiger partial charge in [0.2, 0.25) is 11.9 Å². The molecule has 4 N–H and O–H groups in total. The fourth-order valence-electron chi connectivity index (χ4n) is 3.06. The number of anilines is 3. The standard InChI is InChI=1S/C17H20F3N7O/c1-8-11(7-27(26-8)12-5-16(12,2)14(21)28)24-15-22-6-10(17(18,19)20)13(25-15)23-9-3-4-9/h6-7,9,12H,3-5H2,1-2H3,(H2,21,28)(H2,22,23,24,25)/t12-,16+/m1/s1. The van der Waals surface area contributed by atoms with E-state index in [1.807, 2.05) is 0 Å². The number of carbonyl (C=O) groups is 1. The Bertz CT molecular complexity index is 937. The van der Waals surface area contributed by atoms with E-state index in [4.69, 9.17) is 5.73 Å². The Balaban J connectivity index is 1.57. The molecule has 0 spiro atoms. The Hall–Kier alpha value is -2.85. The van der Waals surface area contributed by atoms with Crippen LogP contribution in [0.15, 0.2) is 12.4 Å². The zero-order valence-electron chi connectivity index (χ0n) is 15.3. The molecule has 2 aliphatic rings. The quantitative estimate of drug-likeness (QED) is 0.694. The molecular formula is C17H20F3N7O. The van der Waals surface area contributed by atoms with Gasteiger partial charge < -0.3 is 16.4 Å². The monoisotopic (exact) mass is 395 g/mol. The summed E-state index contributed by atoms with van der Waals surface area (Å²) in [5.41, 5.74) is 5.05. The number of nitrogens with zero attached hydrogens (tertiary/aromatic N) is 4. The third-order valence-electron chi connectivity index (χ3n) is 5.25. The molecule has 0 aromatic carbocycles. The summed E-state index contributed by atoms with van der Waals surface area (Å²) in [5.74, 6) is -0.588. The van der Waals surface area contributed by atoms with Gasteiger partial charge in [-0.2, -0.15) is 23.3 Å². The van der Waals surface area contributed by atoms with Gasteiger partial charge in [-0.3, -0.25) is 9.48 Å². The van der Waals surface area contributed by atoms with Crippen LogP contribution in [0.1, 0.15) is 43.5 Å². The van der Waals surface area contributed by atoms with Crippen molar-refractivity contribution in [3.63, 3.8) is 0 Å². The molecule has 2 atom stereocenters. The zero-order valence-corrected chi connectivity index (χ0v) is 15.3. The third kappa shape index (κ3) is 3.36. The highest BCUT2D eigenvalue weighted by Gasteiger charge is 2.57. The molecule has 28 heavy (non-hydrogen) atoms. The second-order valence-electron chi connectivity index (χ2n) is 7.61. The number of nitrogens with two attached hydrogens (primary N) is 1. The van der Waals surface area contributed by atoms with Gasteiger partial charge in [0.15, 0.2) is 0 Å². The Morgan fingerprint density at radius 2 is 2.11 bits per heavy atom. The van der Waals surface area contributed by atoms with Crippen LogP contribution in [0.4, 0.5) is 30.6 Å². The van der Waals surface area contributed by atoms with Crippen LogP contribution < -0.4 is 16.4 Å². The maximum Gasteiger partial charge on any atom is 0.421 e. The van der Waals surface area contributed by atoms with Gasteiger partial charge in [-0.05, 0) is 33.1 Å². The third-order valence-corrected chi connectivity index (χ3v) is 5.25. The number of carbonyl (C=O) groups excluding carboxylic acids is 1. The summed E-state index contributed by atoms with van der Waals surface area (Å²) in [7, 11) is 0. The smallest absolute Gasteiger partial charge is 0.369 e. The lowest BCUT2D eigenvalue weighted by atomic mass is 10.1. The number of amides is 1. The van der Waals surface area contributed by atoms with E-state index in [0.717, 1.165) is 19.0 Å². The van der Waals surface area contributed by atoms with Crippen molar-refractivity contribution in [3.8, 4) is 0 Å². The molecule has 8 nitrogen and oxygen atoms in total. The highest BCUT2D eigenvalue weighted by Crippen LogP contribution is 2.55. The van der Waals surface area contributed by atoms with Gasteiger partial charge in [0.05, 0.1) is 22.8 Å². The maximum atomic E-state index is 13.2.